The Kier molecular flexibility index (Phi) is 5.09. The van der Waals surface area contributed by atoms with E-state index < -0.39 is 0 Å². The molecule has 1 heterocycles. The van der Waals surface area contributed by atoms with Crippen molar-refractivity contribution in [2.24, 2.45) is 0 Å². The van der Waals surface area contributed by atoms with Gasteiger partial charge >= 0.3 is 0 Å². The second-order valence-electron chi connectivity index (χ2n) is 5.93. The summed E-state index contributed by atoms with van der Waals surface area (Å²) < 4.78 is 7.63. The lowest BCUT2D eigenvalue weighted by atomic mass is 10.2. The van der Waals surface area contributed by atoms with Crippen molar-refractivity contribution in [2.75, 3.05) is 5.32 Å². The molecule has 0 saturated heterocycles. The maximum atomic E-state index is 12.4. The van der Waals surface area contributed by atoms with Gasteiger partial charge in [0.2, 0.25) is 6.04 Å². The first-order chi connectivity index (χ1) is 12.1. The molecular formula is C21H21N2O2+. The van der Waals surface area contributed by atoms with E-state index in [0.29, 0.717) is 0 Å². The number of amides is 1. The lowest BCUT2D eigenvalue weighted by Crippen LogP contribution is -2.43. The Labute approximate surface area is 147 Å². The summed E-state index contributed by atoms with van der Waals surface area (Å²) in [5.41, 5.74) is 1.91. The topological polar surface area (TPSA) is 42.2 Å². The molecule has 0 aliphatic carbocycles. The minimum Gasteiger partial charge on any atom is -0.457 e. The third-order valence-electron chi connectivity index (χ3n) is 3.95. The Balaban J connectivity index is 1.62. The van der Waals surface area contributed by atoms with Crippen molar-refractivity contribution in [2.45, 2.75) is 19.9 Å². The van der Waals surface area contributed by atoms with E-state index in [2.05, 4.69) is 5.32 Å². The first-order valence-corrected chi connectivity index (χ1v) is 8.23. The van der Waals surface area contributed by atoms with Crippen LogP contribution in [-0.4, -0.2) is 5.91 Å². The summed E-state index contributed by atoms with van der Waals surface area (Å²) in [5.74, 6) is 1.44. The number of rotatable bonds is 5. The molecule has 0 bridgehead atoms. The quantitative estimate of drug-likeness (QED) is 0.708. The molecule has 0 unspecified atom stereocenters. The monoisotopic (exact) mass is 333 g/mol. The van der Waals surface area contributed by atoms with E-state index in [1.165, 1.54) is 0 Å². The van der Waals surface area contributed by atoms with Crippen molar-refractivity contribution in [1.29, 1.82) is 0 Å². The Morgan fingerprint density at radius 1 is 0.920 bits per heavy atom. The highest BCUT2D eigenvalue weighted by atomic mass is 16.5. The van der Waals surface area contributed by atoms with Crippen LogP contribution in [0.25, 0.3) is 0 Å². The van der Waals surface area contributed by atoms with E-state index in [1.807, 2.05) is 97.5 Å². The molecule has 3 aromatic rings. The highest BCUT2D eigenvalue weighted by molar-refractivity contribution is 5.92. The second-order valence-corrected chi connectivity index (χ2v) is 5.93. The first kappa shape index (κ1) is 16.7. The van der Waals surface area contributed by atoms with Gasteiger partial charge in [0, 0.05) is 24.7 Å². The van der Waals surface area contributed by atoms with Crippen LogP contribution < -0.4 is 14.6 Å². The minimum absolute atomic E-state index is 0.0643. The van der Waals surface area contributed by atoms with E-state index in [0.717, 1.165) is 22.7 Å². The van der Waals surface area contributed by atoms with Gasteiger partial charge in [-0.05, 0) is 48.9 Å². The number of carbonyl (C=O) groups is 1. The SMILES string of the molecule is Cc1cc[n+]([C@@H](C)C(=O)Nc2ccc(Oc3ccccc3)cc2)cc1. The number of pyridine rings is 1. The zero-order valence-corrected chi connectivity index (χ0v) is 14.3. The second kappa shape index (κ2) is 7.62. The number of hydrogen-bond acceptors (Lipinski definition) is 2. The summed E-state index contributed by atoms with van der Waals surface area (Å²) >= 11 is 0. The van der Waals surface area contributed by atoms with Gasteiger partial charge in [-0.15, -0.1) is 0 Å². The summed E-state index contributed by atoms with van der Waals surface area (Å²) in [6.07, 6.45) is 3.83. The van der Waals surface area contributed by atoms with Crippen LogP contribution in [0.1, 0.15) is 18.5 Å². The summed E-state index contributed by atoms with van der Waals surface area (Å²) in [4.78, 5) is 12.4. The third-order valence-corrected chi connectivity index (χ3v) is 3.95. The average Bonchev–Trinajstić information content (AvgIpc) is 2.64. The molecule has 2 aromatic carbocycles. The van der Waals surface area contributed by atoms with E-state index in [9.17, 15) is 4.79 Å². The van der Waals surface area contributed by atoms with E-state index >= 15 is 0 Å². The van der Waals surface area contributed by atoms with Gasteiger partial charge in [0.15, 0.2) is 12.4 Å². The standard InChI is InChI=1S/C21H20N2O2/c1-16-12-14-23(15-13-16)17(2)21(24)22-18-8-10-20(11-9-18)25-19-6-4-3-5-7-19/h3-15,17H,1-2H3/p+1/t17-/m0/s1. The maximum absolute atomic E-state index is 12.4. The van der Waals surface area contributed by atoms with Crippen molar-refractivity contribution >= 4 is 11.6 Å². The molecule has 0 radical (unpaired) electrons. The fourth-order valence-electron chi connectivity index (χ4n) is 2.38. The smallest absolute Gasteiger partial charge is 0.293 e. The van der Waals surface area contributed by atoms with Crippen LogP contribution in [0.3, 0.4) is 0 Å². The number of nitrogens with zero attached hydrogens (tertiary/aromatic N) is 1. The van der Waals surface area contributed by atoms with Crippen LogP contribution in [0.4, 0.5) is 5.69 Å². The van der Waals surface area contributed by atoms with E-state index in [-0.39, 0.29) is 11.9 Å². The molecule has 4 nitrogen and oxygen atoms in total. The summed E-state index contributed by atoms with van der Waals surface area (Å²) in [6.45, 7) is 3.89. The summed E-state index contributed by atoms with van der Waals surface area (Å²) in [5, 5.41) is 2.93. The molecule has 1 amide bonds. The Morgan fingerprint density at radius 2 is 1.52 bits per heavy atom. The number of ether oxygens (including phenoxy) is 1. The van der Waals surface area contributed by atoms with Crippen LogP contribution in [0.2, 0.25) is 0 Å². The zero-order chi connectivity index (χ0) is 17.6. The lowest BCUT2D eigenvalue weighted by Gasteiger charge is -2.10. The van der Waals surface area contributed by atoms with Crippen molar-refractivity contribution in [3.05, 3.63) is 84.7 Å². The zero-order valence-electron chi connectivity index (χ0n) is 14.3. The van der Waals surface area contributed by atoms with Crippen molar-refractivity contribution in [1.82, 2.24) is 0 Å². The molecule has 3 rings (SSSR count). The van der Waals surface area contributed by atoms with Gasteiger partial charge in [-0.2, -0.15) is 4.57 Å². The fourth-order valence-corrected chi connectivity index (χ4v) is 2.38. The number of anilines is 1. The summed E-state index contributed by atoms with van der Waals surface area (Å²) in [7, 11) is 0. The van der Waals surface area contributed by atoms with E-state index in [1.54, 1.807) is 0 Å². The number of benzene rings is 2. The van der Waals surface area contributed by atoms with Crippen LogP contribution in [-0.2, 0) is 4.79 Å². The van der Waals surface area contributed by atoms with Gasteiger partial charge in [0.25, 0.3) is 5.91 Å². The Morgan fingerprint density at radius 3 is 2.16 bits per heavy atom. The number of hydrogen-bond donors (Lipinski definition) is 1. The highest BCUT2D eigenvalue weighted by Crippen LogP contribution is 2.22. The predicted molar refractivity (Wildman–Crippen MR) is 97.7 cm³/mol. The van der Waals surface area contributed by atoms with Gasteiger partial charge < -0.3 is 10.1 Å². The van der Waals surface area contributed by atoms with Crippen molar-refractivity contribution in [3.63, 3.8) is 0 Å². The van der Waals surface area contributed by atoms with Crippen LogP contribution in [0.5, 0.6) is 11.5 Å². The predicted octanol–water partition coefficient (Wildman–Crippen LogP) is 4.27. The molecule has 0 spiro atoms. The molecule has 0 saturated carbocycles. The minimum atomic E-state index is -0.291. The molecular weight excluding hydrogens is 312 g/mol. The highest BCUT2D eigenvalue weighted by Gasteiger charge is 2.21. The van der Waals surface area contributed by atoms with Gasteiger partial charge in [0.1, 0.15) is 11.5 Å². The molecule has 25 heavy (non-hydrogen) atoms. The molecule has 0 fully saturated rings. The van der Waals surface area contributed by atoms with E-state index in [4.69, 9.17) is 4.74 Å². The summed E-state index contributed by atoms with van der Waals surface area (Å²) in [6, 6.07) is 20.6. The molecule has 1 aromatic heterocycles. The van der Waals surface area contributed by atoms with Crippen LogP contribution >= 0.6 is 0 Å². The normalized spacial score (nSPS) is 11.6. The van der Waals surface area contributed by atoms with Gasteiger partial charge in [-0.25, -0.2) is 0 Å². The fraction of sp³-hybridized carbons (Fsp3) is 0.143. The number of para-hydroxylation sites is 1. The molecule has 126 valence electrons. The molecule has 1 N–H and O–H groups in total. The number of aromatic nitrogens is 1. The average molecular weight is 333 g/mol. The number of nitrogens with one attached hydrogen (secondary N) is 1. The van der Waals surface area contributed by atoms with Gasteiger partial charge in [-0.3, -0.25) is 4.79 Å². The van der Waals surface area contributed by atoms with Crippen molar-refractivity contribution in [3.8, 4) is 11.5 Å². The van der Waals surface area contributed by atoms with Crippen LogP contribution in [0, 0.1) is 6.92 Å². The molecule has 0 aliphatic heterocycles. The van der Waals surface area contributed by atoms with Gasteiger partial charge in [0.05, 0.1) is 0 Å². The Bertz CT molecular complexity index is 828. The largest absolute Gasteiger partial charge is 0.457 e. The first-order valence-electron chi connectivity index (χ1n) is 8.23. The molecule has 1 atom stereocenters. The lowest BCUT2D eigenvalue weighted by molar-refractivity contribution is -0.705. The molecule has 4 heteroatoms. The Hall–Kier alpha value is -3.14. The third kappa shape index (κ3) is 4.44. The molecule has 0 aliphatic rings. The number of carbonyl (C=O) groups excluding carboxylic acids is 1. The van der Waals surface area contributed by atoms with Gasteiger partial charge in [-0.1, -0.05) is 18.2 Å². The number of aryl methyl sites for hydroxylation is 1. The van der Waals surface area contributed by atoms with Crippen molar-refractivity contribution < 1.29 is 14.1 Å². The van der Waals surface area contributed by atoms with Crippen LogP contribution in [0.15, 0.2) is 79.1 Å². The maximum Gasteiger partial charge on any atom is 0.293 e.